The Balaban J connectivity index is 1.50. The average molecular weight is 362 g/mol. The van der Waals surface area contributed by atoms with E-state index < -0.39 is 12.1 Å². The van der Waals surface area contributed by atoms with Crippen LogP contribution in [0.3, 0.4) is 0 Å². The van der Waals surface area contributed by atoms with Crippen LogP contribution in [0.2, 0.25) is 0 Å². The summed E-state index contributed by atoms with van der Waals surface area (Å²) >= 11 is 0. The number of rotatable bonds is 6. The first-order chi connectivity index (χ1) is 12.6. The van der Waals surface area contributed by atoms with Crippen LogP contribution in [-0.4, -0.2) is 67.8 Å². The van der Waals surface area contributed by atoms with Crippen LogP contribution in [0, 0.1) is 0 Å². The van der Waals surface area contributed by atoms with Crippen molar-refractivity contribution in [2.45, 2.75) is 32.2 Å². The summed E-state index contributed by atoms with van der Waals surface area (Å²) in [5.74, 6) is 1.01. The maximum atomic E-state index is 12.7. The van der Waals surface area contributed by atoms with E-state index in [1.165, 1.54) is 24.2 Å². The van der Waals surface area contributed by atoms with Crippen molar-refractivity contribution in [3.63, 3.8) is 0 Å². The van der Waals surface area contributed by atoms with Crippen molar-refractivity contribution < 1.29 is 23.8 Å². The second kappa shape index (κ2) is 8.40. The number of Topliss-reactive ketones (excluding diaryl/α,β-unsaturated/α-hetero) is 1. The van der Waals surface area contributed by atoms with Crippen LogP contribution in [0.25, 0.3) is 0 Å². The molecule has 2 aliphatic heterocycles. The Morgan fingerprint density at radius 3 is 2.69 bits per heavy atom. The molecule has 26 heavy (non-hydrogen) atoms. The van der Waals surface area contributed by atoms with E-state index in [4.69, 9.17) is 14.2 Å². The Morgan fingerprint density at radius 2 is 1.92 bits per heavy atom. The van der Waals surface area contributed by atoms with Gasteiger partial charge >= 0.3 is 6.09 Å². The van der Waals surface area contributed by atoms with Gasteiger partial charge in [-0.1, -0.05) is 6.42 Å². The number of likely N-dealkylation sites (N-methyl/N-ethyl adjacent to an activating group) is 1. The zero-order valence-corrected chi connectivity index (χ0v) is 15.4. The highest BCUT2D eigenvalue weighted by Crippen LogP contribution is 2.33. The van der Waals surface area contributed by atoms with E-state index in [2.05, 4.69) is 4.90 Å². The normalized spacial score (nSPS) is 17.6. The molecule has 1 aromatic carbocycles. The summed E-state index contributed by atoms with van der Waals surface area (Å²) < 4.78 is 15.9. The van der Waals surface area contributed by atoms with Crippen LogP contribution in [0.1, 0.15) is 36.5 Å². The number of fused-ring (bicyclic) bond motifs is 1. The maximum Gasteiger partial charge on any atom is 0.410 e. The molecule has 0 saturated carbocycles. The SMILES string of the molecule is CC(C(=O)c1ccc2c(c1)OCO2)N(C)C(=O)OCCN1CCCCC1. The van der Waals surface area contributed by atoms with Crippen LogP contribution in [0.5, 0.6) is 11.5 Å². The first-order valence-electron chi connectivity index (χ1n) is 9.12. The third kappa shape index (κ3) is 4.27. The van der Waals surface area contributed by atoms with Crippen molar-refractivity contribution in [3.8, 4) is 11.5 Å². The predicted octanol–water partition coefficient (Wildman–Crippen LogP) is 2.54. The summed E-state index contributed by atoms with van der Waals surface area (Å²) in [5, 5.41) is 0. The topological polar surface area (TPSA) is 68.3 Å². The Labute approximate surface area is 153 Å². The van der Waals surface area contributed by atoms with E-state index in [1.807, 2.05) is 0 Å². The molecule has 1 unspecified atom stereocenters. The monoisotopic (exact) mass is 362 g/mol. The molecule has 142 valence electrons. The van der Waals surface area contributed by atoms with Crippen LogP contribution in [0.15, 0.2) is 18.2 Å². The van der Waals surface area contributed by atoms with Gasteiger partial charge in [0.2, 0.25) is 6.79 Å². The Hall–Kier alpha value is -2.28. The molecule has 2 heterocycles. The third-order valence-electron chi connectivity index (χ3n) is 4.99. The molecule has 0 aliphatic carbocycles. The smallest absolute Gasteiger partial charge is 0.410 e. The van der Waals surface area contributed by atoms with Gasteiger partial charge in [0.1, 0.15) is 6.61 Å². The summed E-state index contributed by atoms with van der Waals surface area (Å²) in [6, 6.07) is 4.41. The van der Waals surface area contributed by atoms with Crippen LogP contribution in [0.4, 0.5) is 4.79 Å². The summed E-state index contributed by atoms with van der Waals surface area (Å²) in [4.78, 5) is 28.5. The predicted molar refractivity (Wildman–Crippen MR) is 95.8 cm³/mol. The number of hydrogen-bond donors (Lipinski definition) is 0. The number of nitrogens with zero attached hydrogens (tertiary/aromatic N) is 2. The van der Waals surface area contributed by atoms with Crippen molar-refractivity contribution in [1.82, 2.24) is 9.80 Å². The highest BCUT2D eigenvalue weighted by molar-refractivity contribution is 6.01. The highest BCUT2D eigenvalue weighted by Gasteiger charge is 2.26. The lowest BCUT2D eigenvalue weighted by Crippen LogP contribution is -2.41. The molecule has 0 radical (unpaired) electrons. The molecule has 2 aliphatic rings. The zero-order valence-electron chi connectivity index (χ0n) is 15.4. The van der Waals surface area contributed by atoms with E-state index >= 15 is 0 Å². The summed E-state index contributed by atoms with van der Waals surface area (Å²) in [6.07, 6.45) is 3.20. The Morgan fingerprint density at radius 1 is 1.19 bits per heavy atom. The van der Waals surface area contributed by atoms with Crippen molar-refractivity contribution in [2.75, 3.05) is 40.1 Å². The number of carbonyl (C=O) groups is 2. The number of likely N-dealkylation sites (tertiary alicyclic amines) is 1. The van der Waals surface area contributed by atoms with Gasteiger partial charge in [-0.25, -0.2) is 4.79 Å². The molecule has 1 saturated heterocycles. The molecule has 1 amide bonds. The van der Waals surface area contributed by atoms with E-state index in [1.54, 1.807) is 32.2 Å². The minimum atomic E-state index is -0.627. The molecule has 7 heteroatoms. The van der Waals surface area contributed by atoms with Crippen molar-refractivity contribution in [1.29, 1.82) is 0 Å². The molecule has 1 fully saturated rings. The average Bonchev–Trinajstić information content (AvgIpc) is 3.14. The van der Waals surface area contributed by atoms with E-state index in [-0.39, 0.29) is 12.6 Å². The second-order valence-electron chi connectivity index (χ2n) is 6.74. The number of benzene rings is 1. The van der Waals surface area contributed by atoms with Crippen molar-refractivity contribution in [2.24, 2.45) is 0 Å². The first kappa shape index (κ1) is 18.5. The molecule has 0 N–H and O–H groups in total. The van der Waals surface area contributed by atoms with Gasteiger partial charge in [0.25, 0.3) is 0 Å². The summed E-state index contributed by atoms with van der Waals surface area (Å²) in [7, 11) is 1.58. The Bertz CT molecular complexity index is 657. The molecule has 1 atom stereocenters. The van der Waals surface area contributed by atoms with Crippen molar-refractivity contribution in [3.05, 3.63) is 23.8 Å². The standard InChI is InChI=1S/C19H26N2O5/c1-14(18(22)15-6-7-16-17(12-15)26-13-25-16)20(2)19(23)24-11-10-21-8-4-3-5-9-21/h6-7,12,14H,3-5,8-11,13H2,1-2H3. The van der Waals surface area contributed by atoms with Gasteiger partial charge in [-0.3, -0.25) is 9.69 Å². The minimum Gasteiger partial charge on any atom is -0.454 e. The van der Waals surface area contributed by atoms with Gasteiger partial charge in [-0.2, -0.15) is 0 Å². The Kier molecular flexibility index (Phi) is 5.98. The van der Waals surface area contributed by atoms with Crippen LogP contribution in [-0.2, 0) is 4.74 Å². The second-order valence-corrected chi connectivity index (χ2v) is 6.74. The molecule has 1 aromatic rings. The van der Waals surface area contributed by atoms with Gasteiger partial charge in [0.05, 0.1) is 6.04 Å². The molecular formula is C19H26N2O5. The summed E-state index contributed by atoms with van der Waals surface area (Å²) in [5.41, 5.74) is 0.481. The van der Waals surface area contributed by atoms with E-state index in [0.717, 1.165) is 19.6 Å². The molecule has 3 rings (SSSR count). The highest BCUT2D eigenvalue weighted by atomic mass is 16.7. The quantitative estimate of drug-likeness (QED) is 0.725. The molecule has 0 aromatic heterocycles. The number of ketones is 1. The fourth-order valence-electron chi connectivity index (χ4n) is 3.17. The number of ether oxygens (including phenoxy) is 3. The third-order valence-corrected chi connectivity index (χ3v) is 4.99. The van der Waals surface area contributed by atoms with Gasteiger partial charge in [0.15, 0.2) is 17.3 Å². The maximum absolute atomic E-state index is 12.7. The largest absolute Gasteiger partial charge is 0.454 e. The molecule has 0 spiro atoms. The van der Waals surface area contributed by atoms with E-state index in [9.17, 15) is 9.59 Å². The fourth-order valence-corrected chi connectivity index (χ4v) is 3.17. The molecule has 0 bridgehead atoms. The fraction of sp³-hybridized carbons (Fsp3) is 0.579. The lowest BCUT2D eigenvalue weighted by Gasteiger charge is -2.27. The van der Waals surface area contributed by atoms with Gasteiger partial charge in [-0.15, -0.1) is 0 Å². The first-order valence-corrected chi connectivity index (χ1v) is 9.12. The van der Waals surface area contributed by atoms with Crippen LogP contribution >= 0.6 is 0 Å². The summed E-state index contributed by atoms with van der Waals surface area (Å²) in [6.45, 7) is 5.06. The van der Waals surface area contributed by atoms with Gasteiger partial charge in [0, 0.05) is 19.2 Å². The molecular weight excluding hydrogens is 336 g/mol. The minimum absolute atomic E-state index is 0.159. The van der Waals surface area contributed by atoms with Gasteiger partial charge in [-0.05, 0) is 51.1 Å². The number of piperidine rings is 1. The number of amides is 1. The van der Waals surface area contributed by atoms with Crippen LogP contribution < -0.4 is 9.47 Å². The van der Waals surface area contributed by atoms with Gasteiger partial charge < -0.3 is 19.1 Å². The lowest BCUT2D eigenvalue weighted by atomic mass is 10.0. The van der Waals surface area contributed by atoms with Crippen molar-refractivity contribution >= 4 is 11.9 Å². The lowest BCUT2D eigenvalue weighted by molar-refractivity contribution is 0.0711. The number of carbonyl (C=O) groups excluding carboxylic acids is 2. The zero-order chi connectivity index (χ0) is 18.5. The molecule has 7 nitrogen and oxygen atoms in total. The van der Waals surface area contributed by atoms with E-state index in [0.29, 0.717) is 23.7 Å². The number of hydrogen-bond acceptors (Lipinski definition) is 6.